The molecule has 0 aliphatic carbocycles. The van der Waals surface area contributed by atoms with Gasteiger partial charge in [-0.25, -0.2) is 13.1 Å². The number of amides is 1. The molecule has 3 aromatic rings. The molecular weight excluding hydrogens is 416 g/mol. The predicted molar refractivity (Wildman–Crippen MR) is 119 cm³/mol. The monoisotopic (exact) mass is 442 g/mol. The van der Waals surface area contributed by atoms with Gasteiger partial charge in [0, 0.05) is 29.2 Å². The van der Waals surface area contributed by atoms with Crippen LogP contribution in [-0.4, -0.2) is 36.8 Å². The number of benzene rings is 2. The molecule has 0 saturated carbocycles. The van der Waals surface area contributed by atoms with Gasteiger partial charge in [0.2, 0.25) is 10.0 Å². The van der Waals surface area contributed by atoms with Crippen LogP contribution in [0.1, 0.15) is 36.7 Å². The number of carbonyl (C=O) groups excluding carboxylic acids is 1. The summed E-state index contributed by atoms with van der Waals surface area (Å²) in [6.45, 7) is 5.79. The summed E-state index contributed by atoms with van der Waals surface area (Å²) in [6.07, 6.45) is 3.56. The Morgan fingerprint density at radius 3 is 2.55 bits per heavy atom. The second-order valence-electron chi connectivity index (χ2n) is 8.08. The molecule has 0 aliphatic heterocycles. The first-order valence-electron chi connectivity index (χ1n) is 9.67. The Bertz CT molecular complexity index is 1170. The van der Waals surface area contributed by atoms with Crippen molar-refractivity contribution < 1.29 is 17.9 Å². The van der Waals surface area contributed by atoms with Gasteiger partial charge in [0.15, 0.2) is 0 Å². The standard InChI is InChI=1S/C22H26N4O4S/c1-22(2,3)25-31(28,29)20-14-17(9-10-19(20)30-4)21(27)24-18-8-5-7-16(13-18)15-26-12-6-11-23-26/h5-14,25H,15H2,1-4H3,(H,24,27). The molecule has 0 saturated heterocycles. The summed E-state index contributed by atoms with van der Waals surface area (Å²) in [5.74, 6) is -0.263. The molecule has 0 radical (unpaired) electrons. The van der Waals surface area contributed by atoms with Gasteiger partial charge in [-0.3, -0.25) is 9.48 Å². The Kier molecular flexibility index (Phi) is 6.47. The molecule has 2 aromatic carbocycles. The normalized spacial score (nSPS) is 11.9. The predicted octanol–water partition coefficient (Wildman–Crippen LogP) is 3.27. The molecule has 0 fully saturated rings. The number of hydrogen-bond donors (Lipinski definition) is 2. The van der Waals surface area contributed by atoms with E-state index in [-0.39, 0.29) is 16.2 Å². The molecule has 1 aromatic heterocycles. The summed E-state index contributed by atoms with van der Waals surface area (Å²) < 4.78 is 35.2. The van der Waals surface area contributed by atoms with Crippen LogP contribution in [0.5, 0.6) is 5.75 Å². The lowest BCUT2D eigenvalue weighted by Crippen LogP contribution is -2.40. The lowest BCUT2D eigenvalue weighted by molar-refractivity contribution is 0.102. The van der Waals surface area contributed by atoms with Gasteiger partial charge in [0.25, 0.3) is 5.91 Å². The van der Waals surface area contributed by atoms with E-state index in [2.05, 4.69) is 15.1 Å². The summed E-state index contributed by atoms with van der Waals surface area (Å²) >= 11 is 0. The first-order valence-corrected chi connectivity index (χ1v) is 11.2. The zero-order valence-electron chi connectivity index (χ0n) is 17.9. The molecule has 164 valence electrons. The number of carbonyl (C=O) groups is 1. The Hall–Kier alpha value is -3.17. The van der Waals surface area contributed by atoms with Crippen molar-refractivity contribution in [1.82, 2.24) is 14.5 Å². The van der Waals surface area contributed by atoms with Crippen LogP contribution in [0.2, 0.25) is 0 Å². The summed E-state index contributed by atoms with van der Waals surface area (Å²) in [5, 5.41) is 7.00. The third-order valence-electron chi connectivity index (χ3n) is 4.24. The molecule has 0 aliphatic rings. The summed E-state index contributed by atoms with van der Waals surface area (Å²) in [6, 6.07) is 13.6. The molecule has 0 spiro atoms. The fourth-order valence-electron chi connectivity index (χ4n) is 3.02. The van der Waals surface area contributed by atoms with E-state index in [0.29, 0.717) is 12.2 Å². The van der Waals surface area contributed by atoms with E-state index in [1.807, 2.05) is 30.5 Å². The Labute approximate surface area is 182 Å². The molecule has 9 heteroatoms. The minimum absolute atomic E-state index is 0.0926. The number of methoxy groups -OCH3 is 1. The van der Waals surface area contributed by atoms with E-state index in [4.69, 9.17) is 4.74 Å². The second-order valence-corrected chi connectivity index (χ2v) is 9.73. The van der Waals surface area contributed by atoms with Crippen molar-refractivity contribution >= 4 is 21.6 Å². The fourth-order valence-corrected chi connectivity index (χ4v) is 4.63. The van der Waals surface area contributed by atoms with E-state index in [9.17, 15) is 13.2 Å². The highest BCUT2D eigenvalue weighted by Gasteiger charge is 2.26. The van der Waals surface area contributed by atoms with Crippen molar-refractivity contribution in [2.45, 2.75) is 37.8 Å². The molecule has 3 rings (SSSR count). The van der Waals surface area contributed by atoms with E-state index in [0.717, 1.165) is 5.56 Å². The van der Waals surface area contributed by atoms with E-state index in [1.165, 1.54) is 25.3 Å². The Morgan fingerprint density at radius 2 is 1.90 bits per heavy atom. The van der Waals surface area contributed by atoms with Crippen molar-refractivity contribution in [3.8, 4) is 5.75 Å². The molecule has 0 unspecified atom stereocenters. The van der Waals surface area contributed by atoms with Crippen molar-refractivity contribution in [3.05, 3.63) is 72.1 Å². The molecular formula is C22H26N4O4S. The van der Waals surface area contributed by atoms with Crippen LogP contribution in [0.15, 0.2) is 65.8 Å². The molecule has 1 heterocycles. The van der Waals surface area contributed by atoms with E-state index < -0.39 is 21.5 Å². The van der Waals surface area contributed by atoms with Crippen LogP contribution in [0.25, 0.3) is 0 Å². The number of ether oxygens (including phenoxy) is 1. The highest BCUT2D eigenvalue weighted by atomic mass is 32.2. The van der Waals surface area contributed by atoms with Gasteiger partial charge in [-0.05, 0) is 62.7 Å². The zero-order chi connectivity index (χ0) is 22.6. The van der Waals surface area contributed by atoms with E-state index >= 15 is 0 Å². The van der Waals surface area contributed by atoms with Gasteiger partial charge in [0.05, 0.1) is 13.7 Å². The third-order valence-corrected chi connectivity index (χ3v) is 6.02. The van der Waals surface area contributed by atoms with Crippen molar-refractivity contribution in [2.24, 2.45) is 0 Å². The maximum absolute atomic E-state index is 12.8. The van der Waals surface area contributed by atoms with Crippen LogP contribution >= 0.6 is 0 Å². The molecule has 8 nitrogen and oxygen atoms in total. The molecule has 0 bridgehead atoms. The quantitative estimate of drug-likeness (QED) is 0.585. The fraction of sp³-hybridized carbons (Fsp3) is 0.273. The number of nitrogens with one attached hydrogen (secondary N) is 2. The number of rotatable bonds is 7. The first kappa shape index (κ1) is 22.5. The second kappa shape index (κ2) is 8.91. The Morgan fingerprint density at radius 1 is 1.13 bits per heavy atom. The summed E-state index contributed by atoms with van der Waals surface area (Å²) in [4.78, 5) is 12.7. The van der Waals surface area contributed by atoms with Gasteiger partial charge in [-0.15, -0.1) is 0 Å². The highest BCUT2D eigenvalue weighted by Crippen LogP contribution is 2.26. The molecule has 2 N–H and O–H groups in total. The lowest BCUT2D eigenvalue weighted by atomic mass is 10.1. The molecule has 0 atom stereocenters. The minimum Gasteiger partial charge on any atom is -0.495 e. The van der Waals surface area contributed by atoms with Crippen molar-refractivity contribution in [2.75, 3.05) is 12.4 Å². The van der Waals surface area contributed by atoms with Crippen LogP contribution in [0.4, 0.5) is 5.69 Å². The van der Waals surface area contributed by atoms with Gasteiger partial charge in [0.1, 0.15) is 10.6 Å². The summed E-state index contributed by atoms with van der Waals surface area (Å²) in [5.41, 5.74) is 1.08. The lowest BCUT2D eigenvalue weighted by Gasteiger charge is -2.21. The number of aromatic nitrogens is 2. The van der Waals surface area contributed by atoms with Crippen LogP contribution in [0.3, 0.4) is 0 Å². The van der Waals surface area contributed by atoms with Gasteiger partial charge in [-0.2, -0.15) is 5.10 Å². The smallest absolute Gasteiger partial charge is 0.255 e. The van der Waals surface area contributed by atoms with E-state index in [1.54, 1.807) is 37.7 Å². The first-order chi connectivity index (χ1) is 14.6. The van der Waals surface area contributed by atoms with Gasteiger partial charge >= 0.3 is 0 Å². The largest absolute Gasteiger partial charge is 0.495 e. The van der Waals surface area contributed by atoms with Crippen molar-refractivity contribution in [3.63, 3.8) is 0 Å². The summed E-state index contributed by atoms with van der Waals surface area (Å²) in [7, 11) is -2.50. The van der Waals surface area contributed by atoms with Crippen LogP contribution in [-0.2, 0) is 16.6 Å². The highest BCUT2D eigenvalue weighted by molar-refractivity contribution is 7.89. The van der Waals surface area contributed by atoms with Gasteiger partial charge < -0.3 is 10.1 Å². The maximum atomic E-state index is 12.8. The minimum atomic E-state index is -3.89. The molecule has 1 amide bonds. The maximum Gasteiger partial charge on any atom is 0.255 e. The SMILES string of the molecule is COc1ccc(C(=O)Nc2cccc(Cn3cccn3)c2)cc1S(=O)(=O)NC(C)(C)C. The third kappa shape index (κ3) is 5.93. The number of anilines is 1. The number of nitrogens with zero attached hydrogens (tertiary/aromatic N) is 2. The average molecular weight is 443 g/mol. The van der Waals surface area contributed by atoms with Crippen LogP contribution in [0, 0.1) is 0 Å². The van der Waals surface area contributed by atoms with Crippen molar-refractivity contribution in [1.29, 1.82) is 0 Å². The number of hydrogen-bond acceptors (Lipinski definition) is 5. The average Bonchev–Trinajstić information content (AvgIpc) is 3.19. The number of sulfonamides is 1. The molecule has 31 heavy (non-hydrogen) atoms. The van der Waals surface area contributed by atoms with Crippen LogP contribution < -0.4 is 14.8 Å². The Balaban J connectivity index is 1.84. The van der Waals surface area contributed by atoms with Gasteiger partial charge in [-0.1, -0.05) is 12.1 Å². The zero-order valence-corrected chi connectivity index (χ0v) is 18.7. The topological polar surface area (TPSA) is 102 Å².